The number of nitrogens with zero attached hydrogens (tertiary/aromatic N) is 1. The van der Waals surface area contributed by atoms with Crippen molar-refractivity contribution >= 4 is 28.7 Å². The molecule has 1 aliphatic rings. The molecule has 2 heterocycles. The highest BCUT2D eigenvalue weighted by atomic mass is 32.1. The molecule has 1 aromatic heterocycles. The predicted molar refractivity (Wildman–Crippen MR) is 93.0 cm³/mol. The average Bonchev–Trinajstić information content (AvgIpc) is 3.01. The lowest BCUT2D eigenvalue weighted by molar-refractivity contribution is -0.121. The number of Topliss-reactive ketones (excluding diaryl/α,β-unsaturated/α-hetero) is 1. The number of amides is 1. The Labute approximate surface area is 140 Å². The molecule has 0 saturated heterocycles. The highest BCUT2D eigenvalue weighted by Crippen LogP contribution is 2.25. The van der Waals surface area contributed by atoms with Gasteiger partial charge in [0.25, 0.3) is 0 Å². The lowest BCUT2D eigenvalue weighted by Gasteiger charge is -2.31. The Hall–Kier alpha value is -1.98. The Balaban J connectivity index is 1.66. The largest absolute Gasteiger partial charge is 0.325 e. The zero-order chi connectivity index (χ0) is 16.4. The first kappa shape index (κ1) is 15.9. The Morgan fingerprint density at radius 3 is 2.91 bits per heavy atom. The lowest BCUT2D eigenvalue weighted by Crippen LogP contribution is -2.44. The van der Waals surface area contributed by atoms with Crippen molar-refractivity contribution in [3.63, 3.8) is 0 Å². The minimum atomic E-state index is -0.205. The van der Waals surface area contributed by atoms with Crippen LogP contribution in [0, 0.1) is 0 Å². The summed E-state index contributed by atoms with van der Waals surface area (Å²) in [7, 11) is 0. The van der Waals surface area contributed by atoms with Crippen molar-refractivity contribution in [2.24, 2.45) is 0 Å². The van der Waals surface area contributed by atoms with Crippen molar-refractivity contribution in [1.82, 2.24) is 4.90 Å². The maximum atomic E-state index is 12.5. The molecule has 120 valence electrons. The lowest BCUT2D eigenvalue weighted by atomic mass is 10.1. The van der Waals surface area contributed by atoms with E-state index in [1.54, 1.807) is 29.5 Å². The molecule has 0 spiro atoms. The van der Waals surface area contributed by atoms with Gasteiger partial charge in [0.05, 0.1) is 6.04 Å². The summed E-state index contributed by atoms with van der Waals surface area (Å²) < 4.78 is 0. The molecule has 0 saturated carbocycles. The summed E-state index contributed by atoms with van der Waals surface area (Å²) in [5.74, 6) is -0.0421. The summed E-state index contributed by atoms with van der Waals surface area (Å²) in [6.45, 7) is 5.17. The third-order valence-corrected chi connectivity index (χ3v) is 5.32. The van der Waals surface area contributed by atoms with Crippen LogP contribution in [0.4, 0.5) is 5.69 Å². The highest BCUT2D eigenvalue weighted by Gasteiger charge is 2.25. The molecule has 1 aromatic carbocycles. The molecule has 0 bridgehead atoms. The maximum absolute atomic E-state index is 12.5. The third-order valence-electron chi connectivity index (χ3n) is 4.30. The van der Waals surface area contributed by atoms with Crippen molar-refractivity contribution in [1.29, 1.82) is 0 Å². The van der Waals surface area contributed by atoms with E-state index in [4.69, 9.17) is 0 Å². The molecular weight excluding hydrogens is 308 g/mol. The summed E-state index contributed by atoms with van der Waals surface area (Å²) >= 11 is 1.80. The van der Waals surface area contributed by atoms with E-state index in [-0.39, 0.29) is 17.7 Å². The molecule has 5 heteroatoms. The van der Waals surface area contributed by atoms with Crippen molar-refractivity contribution in [2.45, 2.75) is 32.9 Å². The average molecular weight is 328 g/mol. The van der Waals surface area contributed by atoms with Gasteiger partial charge in [-0.25, -0.2) is 0 Å². The van der Waals surface area contributed by atoms with Gasteiger partial charge in [0.2, 0.25) is 5.91 Å². The second kappa shape index (κ2) is 6.64. The fraction of sp³-hybridized carbons (Fsp3) is 0.333. The normalized spacial score (nSPS) is 15.7. The van der Waals surface area contributed by atoms with Gasteiger partial charge in [-0.15, -0.1) is 11.3 Å². The molecule has 0 radical (unpaired) electrons. The summed E-state index contributed by atoms with van der Waals surface area (Å²) in [5, 5.41) is 5.04. The van der Waals surface area contributed by atoms with Crippen LogP contribution in [-0.2, 0) is 17.8 Å². The first-order chi connectivity index (χ1) is 11.0. The number of ketones is 1. The van der Waals surface area contributed by atoms with E-state index in [2.05, 4.69) is 21.7 Å². The number of carbonyl (C=O) groups is 2. The van der Waals surface area contributed by atoms with E-state index in [0.29, 0.717) is 11.3 Å². The van der Waals surface area contributed by atoms with Gasteiger partial charge in [-0.1, -0.05) is 12.1 Å². The molecule has 0 aliphatic carbocycles. The molecule has 1 atom stereocenters. The molecule has 1 N–H and O–H groups in total. The molecule has 2 aromatic rings. The molecule has 3 rings (SSSR count). The number of hydrogen-bond acceptors (Lipinski definition) is 4. The van der Waals surface area contributed by atoms with Gasteiger partial charge in [-0.3, -0.25) is 14.5 Å². The van der Waals surface area contributed by atoms with E-state index < -0.39 is 0 Å². The molecule has 0 unspecified atom stereocenters. The van der Waals surface area contributed by atoms with Crippen LogP contribution in [0.3, 0.4) is 0 Å². The van der Waals surface area contributed by atoms with Gasteiger partial charge < -0.3 is 5.32 Å². The Morgan fingerprint density at radius 1 is 1.30 bits per heavy atom. The van der Waals surface area contributed by atoms with Crippen molar-refractivity contribution in [3.05, 3.63) is 51.7 Å². The first-order valence-electron chi connectivity index (χ1n) is 7.76. The second-order valence-electron chi connectivity index (χ2n) is 5.89. The van der Waals surface area contributed by atoms with Gasteiger partial charge in [0.15, 0.2) is 5.78 Å². The Bertz CT molecular complexity index is 738. The van der Waals surface area contributed by atoms with Crippen LogP contribution in [-0.4, -0.2) is 29.2 Å². The van der Waals surface area contributed by atoms with Gasteiger partial charge in [-0.2, -0.15) is 0 Å². The van der Waals surface area contributed by atoms with Crippen LogP contribution in [0.2, 0.25) is 0 Å². The zero-order valence-electron chi connectivity index (χ0n) is 13.3. The SMILES string of the molecule is CC(=O)c1cccc(NC(=O)[C@@H](C)N2CCc3sccc3C2)c1. The van der Waals surface area contributed by atoms with Crippen LogP contribution < -0.4 is 5.32 Å². The number of rotatable bonds is 4. The zero-order valence-corrected chi connectivity index (χ0v) is 14.2. The number of fused-ring (bicyclic) bond motifs is 1. The van der Waals surface area contributed by atoms with E-state index in [1.807, 2.05) is 13.0 Å². The van der Waals surface area contributed by atoms with Crippen LogP contribution >= 0.6 is 11.3 Å². The second-order valence-corrected chi connectivity index (χ2v) is 6.89. The predicted octanol–water partition coefficient (Wildman–Crippen LogP) is 3.34. The van der Waals surface area contributed by atoms with Crippen molar-refractivity contribution < 1.29 is 9.59 Å². The molecule has 0 fully saturated rings. The molecule has 1 aliphatic heterocycles. The molecular formula is C18H20N2O2S. The van der Waals surface area contributed by atoms with E-state index >= 15 is 0 Å². The van der Waals surface area contributed by atoms with E-state index in [0.717, 1.165) is 19.5 Å². The van der Waals surface area contributed by atoms with Gasteiger partial charge in [0, 0.05) is 29.2 Å². The Morgan fingerprint density at radius 2 is 2.13 bits per heavy atom. The summed E-state index contributed by atoms with van der Waals surface area (Å²) in [4.78, 5) is 27.6. The van der Waals surface area contributed by atoms with Crippen molar-refractivity contribution in [3.8, 4) is 0 Å². The first-order valence-corrected chi connectivity index (χ1v) is 8.63. The third kappa shape index (κ3) is 3.51. The smallest absolute Gasteiger partial charge is 0.241 e. The number of anilines is 1. The maximum Gasteiger partial charge on any atom is 0.241 e. The van der Waals surface area contributed by atoms with Crippen molar-refractivity contribution in [2.75, 3.05) is 11.9 Å². The monoisotopic (exact) mass is 328 g/mol. The fourth-order valence-electron chi connectivity index (χ4n) is 2.83. The van der Waals surface area contributed by atoms with Crippen LogP contribution in [0.5, 0.6) is 0 Å². The minimum absolute atomic E-state index is 0.00448. The molecule has 23 heavy (non-hydrogen) atoms. The topological polar surface area (TPSA) is 49.4 Å². The Kier molecular flexibility index (Phi) is 4.59. The summed E-state index contributed by atoms with van der Waals surface area (Å²) in [5.41, 5.74) is 2.61. The van der Waals surface area contributed by atoms with E-state index in [9.17, 15) is 9.59 Å². The standard InChI is InChI=1S/C18H20N2O2S/c1-12(20-8-6-17-15(11-20)7-9-23-17)18(22)19-16-5-3-4-14(10-16)13(2)21/h3-5,7,9-10,12H,6,8,11H2,1-2H3,(H,19,22)/t12-/m1/s1. The van der Waals surface area contributed by atoms with Gasteiger partial charge in [0.1, 0.15) is 0 Å². The number of carbonyl (C=O) groups excluding carboxylic acids is 2. The molecule has 4 nitrogen and oxygen atoms in total. The minimum Gasteiger partial charge on any atom is -0.325 e. The van der Waals surface area contributed by atoms with Crippen LogP contribution in [0.1, 0.15) is 34.6 Å². The summed E-state index contributed by atoms with van der Waals surface area (Å²) in [6, 6.07) is 9.01. The number of thiophene rings is 1. The van der Waals surface area contributed by atoms with E-state index in [1.165, 1.54) is 17.4 Å². The van der Waals surface area contributed by atoms with Crippen LogP contribution in [0.25, 0.3) is 0 Å². The number of nitrogens with one attached hydrogen (secondary N) is 1. The number of hydrogen-bond donors (Lipinski definition) is 1. The number of benzene rings is 1. The molecule has 1 amide bonds. The van der Waals surface area contributed by atoms with Crippen LogP contribution in [0.15, 0.2) is 35.7 Å². The highest BCUT2D eigenvalue weighted by molar-refractivity contribution is 7.10. The fourth-order valence-corrected chi connectivity index (χ4v) is 3.72. The quantitative estimate of drug-likeness (QED) is 0.876. The van der Waals surface area contributed by atoms with Gasteiger partial charge in [-0.05, 0) is 49.4 Å². The van der Waals surface area contributed by atoms with Gasteiger partial charge >= 0.3 is 0 Å². The summed E-state index contributed by atoms with van der Waals surface area (Å²) in [6.07, 6.45) is 1.00.